The molecule has 1 saturated carbocycles. The van der Waals surface area contributed by atoms with Crippen molar-refractivity contribution in [3.63, 3.8) is 0 Å². The van der Waals surface area contributed by atoms with Gasteiger partial charge >= 0.3 is 0 Å². The van der Waals surface area contributed by atoms with E-state index in [2.05, 4.69) is 35.7 Å². The number of aliphatic hydroxyl groups is 1. The SMILES string of the molecule is CNc1nc(NCC2(CO)CC2)nc(-n2cncn2)n1. The first-order valence-corrected chi connectivity index (χ1v) is 6.38. The molecule has 2 aromatic heterocycles. The van der Waals surface area contributed by atoms with E-state index in [0.29, 0.717) is 24.4 Å². The maximum Gasteiger partial charge on any atom is 0.258 e. The molecular formula is C11H16N8O. The summed E-state index contributed by atoms with van der Waals surface area (Å²) in [5.41, 5.74) is -0.0140. The number of aliphatic hydroxyl groups excluding tert-OH is 1. The number of hydrogen-bond acceptors (Lipinski definition) is 8. The summed E-state index contributed by atoms with van der Waals surface area (Å²) in [5, 5.41) is 19.3. The number of rotatable bonds is 6. The number of aromatic nitrogens is 6. The van der Waals surface area contributed by atoms with Gasteiger partial charge in [-0.3, -0.25) is 0 Å². The molecule has 0 radical (unpaired) electrons. The van der Waals surface area contributed by atoms with E-state index in [4.69, 9.17) is 0 Å². The van der Waals surface area contributed by atoms with Crippen LogP contribution in [0.5, 0.6) is 0 Å². The molecule has 0 aromatic carbocycles. The van der Waals surface area contributed by atoms with Gasteiger partial charge < -0.3 is 15.7 Å². The Morgan fingerprint density at radius 2 is 2.10 bits per heavy atom. The first kappa shape index (κ1) is 12.7. The molecule has 0 unspecified atom stereocenters. The van der Waals surface area contributed by atoms with Crippen LogP contribution < -0.4 is 10.6 Å². The van der Waals surface area contributed by atoms with Gasteiger partial charge in [-0.25, -0.2) is 4.98 Å². The second-order valence-corrected chi connectivity index (χ2v) is 4.88. The third-order valence-corrected chi connectivity index (χ3v) is 3.38. The fraction of sp³-hybridized carbons (Fsp3) is 0.545. The fourth-order valence-corrected chi connectivity index (χ4v) is 1.80. The van der Waals surface area contributed by atoms with Crippen LogP contribution in [0.3, 0.4) is 0 Å². The van der Waals surface area contributed by atoms with Crippen molar-refractivity contribution in [2.75, 3.05) is 30.8 Å². The smallest absolute Gasteiger partial charge is 0.258 e. The summed E-state index contributed by atoms with van der Waals surface area (Å²) in [6, 6.07) is 0. The second kappa shape index (κ2) is 5.00. The standard InChI is InChI=1S/C11H16N8O/c1-12-8-16-9(14-4-11(5-20)2-3-11)18-10(17-8)19-7-13-6-15-19/h6-7,20H,2-5H2,1H3,(H2,12,14,16,17,18). The zero-order chi connectivity index (χ0) is 14.0. The van der Waals surface area contributed by atoms with E-state index in [1.54, 1.807) is 7.05 Å². The zero-order valence-electron chi connectivity index (χ0n) is 11.1. The van der Waals surface area contributed by atoms with Crippen LogP contribution in [0.15, 0.2) is 12.7 Å². The van der Waals surface area contributed by atoms with Gasteiger partial charge in [0.05, 0.1) is 6.61 Å². The highest BCUT2D eigenvalue weighted by Crippen LogP contribution is 2.44. The molecule has 1 fully saturated rings. The maximum atomic E-state index is 9.31. The van der Waals surface area contributed by atoms with Crippen LogP contribution in [0, 0.1) is 5.41 Å². The summed E-state index contributed by atoms with van der Waals surface area (Å²) in [4.78, 5) is 16.6. The van der Waals surface area contributed by atoms with E-state index in [-0.39, 0.29) is 12.0 Å². The Hall–Kier alpha value is -2.29. The first-order chi connectivity index (χ1) is 9.74. The normalized spacial score (nSPS) is 15.9. The lowest BCUT2D eigenvalue weighted by atomic mass is 10.1. The lowest BCUT2D eigenvalue weighted by Crippen LogP contribution is -2.21. The Morgan fingerprint density at radius 3 is 2.70 bits per heavy atom. The van der Waals surface area contributed by atoms with Crippen LogP contribution >= 0.6 is 0 Å². The number of anilines is 2. The molecule has 0 saturated heterocycles. The summed E-state index contributed by atoms with van der Waals surface area (Å²) in [7, 11) is 1.74. The number of nitrogens with one attached hydrogen (secondary N) is 2. The lowest BCUT2D eigenvalue weighted by Gasteiger charge is -2.13. The van der Waals surface area contributed by atoms with E-state index in [1.807, 2.05) is 0 Å². The van der Waals surface area contributed by atoms with Crippen molar-refractivity contribution in [2.24, 2.45) is 5.41 Å². The van der Waals surface area contributed by atoms with Crippen molar-refractivity contribution >= 4 is 11.9 Å². The van der Waals surface area contributed by atoms with Crippen LogP contribution in [-0.4, -0.2) is 55.0 Å². The van der Waals surface area contributed by atoms with Gasteiger partial charge in [-0.05, 0) is 12.8 Å². The third-order valence-electron chi connectivity index (χ3n) is 3.38. The highest BCUT2D eigenvalue weighted by Gasteiger charge is 2.41. The molecule has 0 bridgehead atoms. The van der Waals surface area contributed by atoms with Crippen molar-refractivity contribution < 1.29 is 5.11 Å². The minimum atomic E-state index is -0.0140. The Kier molecular flexibility index (Phi) is 3.18. The van der Waals surface area contributed by atoms with Crippen LogP contribution in [0.1, 0.15) is 12.8 Å². The van der Waals surface area contributed by atoms with Crippen molar-refractivity contribution in [1.29, 1.82) is 0 Å². The van der Waals surface area contributed by atoms with E-state index in [1.165, 1.54) is 17.3 Å². The Labute approximate surface area is 115 Å². The Bertz CT molecular complexity index is 580. The summed E-state index contributed by atoms with van der Waals surface area (Å²) in [5.74, 6) is 1.29. The molecule has 0 atom stereocenters. The molecule has 3 N–H and O–H groups in total. The van der Waals surface area contributed by atoms with Crippen LogP contribution in [-0.2, 0) is 0 Å². The molecule has 0 aliphatic heterocycles. The average molecular weight is 276 g/mol. The lowest BCUT2D eigenvalue weighted by molar-refractivity contribution is 0.219. The van der Waals surface area contributed by atoms with E-state index in [0.717, 1.165) is 12.8 Å². The number of hydrogen-bond donors (Lipinski definition) is 3. The highest BCUT2D eigenvalue weighted by atomic mass is 16.3. The molecule has 1 aliphatic carbocycles. The maximum absolute atomic E-state index is 9.31. The van der Waals surface area contributed by atoms with E-state index < -0.39 is 0 Å². The molecule has 106 valence electrons. The van der Waals surface area contributed by atoms with Gasteiger partial charge in [0.1, 0.15) is 12.7 Å². The van der Waals surface area contributed by atoms with E-state index >= 15 is 0 Å². The molecule has 1 aliphatic rings. The Balaban J connectivity index is 1.81. The van der Waals surface area contributed by atoms with Gasteiger partial charge in [0.15, 0.2) is 0 Å². The van der Waals surface area contributed by atoms with Crippen LogP contribution in [0.25, 0.3) is 5.95 Å². The molecule has 3 rings (SSSR count). The summed E-state index contributed by atoms with van der Waals surface area (Å²) in [6.45, 7) is 0.827. The van der Waals surface area contributed by atoms with Gasteiger partial charge in [-0.15, -0.1) is 0 Å². The van der Waals surface area contributed by atoms with Crippen molar-refractivity contribution in [1.82, 2.24) is 29.7 Å². The summed E-state index contributed by atoms with van der Waals surface area (Å²) in [6.07, 6.45) is 4.99. The van der Waals surface area contributed by atoms with Crippen LogP contribution in [0.4, 0.5) is 11.9 Å². The van der Waals surface area contributed by atoms with Crippen LogP contribution in [0.2, 0.25) is 0 Å². The minimum Gasteiger partial charge on any atom is -0.396 e. The zero-order valence-corrected chi connectivity index (χ0v) is 11.1. The van der Waals surface area contributed by atoms with Gasteiger partial charge in [0, 0.05) is 19.0 Å². The molecule has 2 heterocycles. The largest absolute Gasteiger partial charge is 0.396 e. The Morgan fingerprint density at radius 1 is 1.30 bits per heavy atom. The highest BCUT2D eigenvalue weighted by molar-refractivity contribution is 5.37. The van der Waals surface area contributed by atoms with Crippen molar-refractivity contribution in [3.8, 4) is 5.95 Å². The molecule has 0 spiro atoms. The summed E-state index contributed by atoms with van der Waals surface area (Å²) < 4.78 is 1.46. The quantitative estimate of drug-likeness (QED) is 0.657. The van der Waals surface area contributed by atoms with Gasteiger partial charge in [0.25, 0.3) is 5.95 Å². The molecular weight excluding hydrogens is 260 g/mol. The summed E-state index contributed by atoms with van der Waals surface area (Å²) >= 11 is 0. The molecule has 20 heavy (non-hydrogen) atoms. The third kappa shape index (κ3) is 2.52. The molecule has 9 heteroatoms. The predicted octanol–water partition coefficient (Wildman–Crippen LogP) is -0.322. The second-order valence-electron chi connectivity index (χ2n) is 4.88. The topological polar surface area (TPSA) is 114 Å². The van der Waals surface area contributed by atoms with E-state index in [9.17, 15) is 5.11 Å². The molecule has 0 amide bonds. The van der Waals surface area contributed by atoms with Crippen molar-refractivity contribution in [3.05, 3.63) is 12.7 Å². The predicted molar refractivity (Wildman–Crippen MR) is 71.5 cm³/mol. The first-order valence-electron chi connectivity index (χ1n) is 6.38. The monoisotopic (exact) mass is 276 g/mol. The number of nitrogens with zero attached hydrogens (tertiary/aromatic N) is 6. The van der Waals surface area contributed by atoms with Gasteiger partial charge in [-0.1, -0.05) is 0 Å². The van der Waals surface area contributed by atoms with Gasteiger partial charge in [0.2, 0.25) is 11.9 Å². The van der Waals surface area contributed by atoms with Gasteiger partial charge in [-0.2, -0.15) is 24.7 Å². The van der Waals surface area contributed by atoms with Crippen molar-refractivity contribution in [2.45, 2.75) is 12.8 Å². The fourth-order valence-electron chi connectivity index (χ4n) is 1.80. The minimum absolute atomic E-state index is 0.0140. The molecule has 9 nitrogen and oxygen atoms in total. The molecule has 2 aromatic rings. The average Bonchev–Trinajstić information content (AvgIpc) is 3.06.